The van der Waals surface area contributed by atoms with Crippen LogP contribution >= 0.6 is 28.1 Å². The van der Waals surface area contributed by atoms with Crippen molar-refractivity contribution in [3.63, 3.8) is 0 Å². The second-order valence-corrected chi connectivity index (χ2v) is 7.46. The van der Waals surface area contributed by atoms with E-state index in [1.54, 1.807) is 12.1 Å². The standard InChI is InChI=1S/C19H21BrFN3OS/c1-13(22-19(26)23-18-7-4-15(20)12-17(18)21)14-2-5-16(6-3-14)24-8-10-25-11-9-24/h2-7,12-13H,8-11H2,1H3,(H2,22,23,26)/t13-/m1/s1. The van der Waals surface area contributed by atoms with E-state index in [2.05, 4.69) is 55.7 Å². The van der Waals surface area contributed by atoms with Crippen LogP contribution in [0, 0.1) is 5.82 Å². The second kappa shape index (κ2) is 8.79. The number of morpholine rings is 1. The zero-order valence-electron chi connectivity index (χ0n) is 14.5. The van der Waals surface area contributed by atoms with Gasteiger partial charge in [0.05, 0.1) is 24.9 Å². The smallest absolute Gasteiger partial charge is 0.171 e. The van der Waals surface area contributed by atoms with Gasteiger partial charge in [-0.1, -0.05) is 28.1 Å². The Kier molecular flexibility index (Phi) is 6.45. The number of hydrogen-bond acceptors (Lipinski definition) is 3. The van der Waals surface area contributed by atoms with Gasteiger partial charge in [-0.25, -0.2) is 4.39 Å². The average molecular weight is 438 g/mol. The Balaban J connectivity index is 1.58. The van der Waals surface area contributed by atoms with Gasteiger partial charge in [-0.15, -0.1) is 0 Å². The van der Waals surface area contributed by atoms with Gasteiger partial charge in [0.2, 0.25) is 0 Å². The molecule has 0 aromatic heterocycles. The molecule has 1 aliphatic rings. The van der Waals surface area contributed by atoms with Gasteiger partial charge in [0.15, 0.2) is 5.11 Å². The van der Waals surface area contributed by atoms with Crippen LogP contribution in [0.5, 0.6) is 0 Å². The molecule has 2 aromatic rings. The summed E-state index contributed by atoms with van der Waals surface area (Å²) in [5, 5.41) is 6.48. The summed E-state index contributed by atoms with van der Waals surface area (Å²) in [5.74, 6) is -0.356. The first-order chi connectivity index (χ1) is 12.5. The Morgan fingerprint density at radius 3 is 2.54 bits per heavy atom. The average Bonchev–Trinajstić information content (AvgIpc) is 2.65. The Morgan fingerprint density at radius 2 is 1.88 bits per heavy atom. The Labute approximate surface area is 166 Å². The van der Waals surface area contributed by atoms with Crippen LogP contribution in [0.4, 0.5) is 15.8 Å². The number of ether oxygens (including phenoxy) is 1. The third-order valence-corrected chi connectivity index (χ3v) is 5.01. The molecule has 0 saturated carbocycles. The zero-order chi connectivity index (χ0) is 18.5. The summed E-state index contributed by atoms with van der Waals surface area (Å²) >= 11 is 8.55. The highest BCUT2D eigenvalue weighted by Gasteiger charge is 2.13. The molecule has 3 rings (SSSR count). The SMILES string of the molecule is C[C@@H](NC(=S)Nc1ccc(Br)cc1F)c1ccc(N2CCOCC2)cc1. The molecular formula is C19H21BrFN3OS. The van der Waals surface area contributed by atoms with Crippen LogP contribution in [0.3, 0.4) is 0 Å². The largest absolute Gasteiger partial charge is 0.378 e. The molecule has 0 spiro atoms. The Bertz CT molecular complexity index is 766. The minimum atomic E-state index is -0.356. The van der Waals surface area contributed by atoms with Gasteiger partial charge in [-0.2, -0.15) is 0 Å². The second-order valence-electron chi connectivity index (χ2n) is 6.14. The van der Waals surface area contributed by atoms with E-state index in [-0.39, 0.29) is 11.9 Å². The van der Waals surface area contributed by atoms with Crippen molar-refractivity contribution in [2.45, 2.75) is 13.0 Å². The van der Waals surface area contributed by atoms with Gasteiger partial charge in [-0.05, 0) is 55.0 Å². The molecule has 0 aliphatic carbocycles. The van der Waals surface area contributed by atoms with Crippen LogP contribution < -0.4 is 15.5 Å². The normalized spacial score (nSPS) is 15.4. The van der Waals surface area contributed by atoms with Crippen molar-refractivity contribution in [3.8, 4) is 0 Å². The molecule has 2 N–H and O–H groups in total. The Morgan fingerprint density at radius 1 is 1.19 bits per heavy atom. The van der Waals surface area contributed by atoms with Gasteiger partial charge in [-0.3, -0.25) is 0 Å². The molecule has 1 fully saturated rings. The van der Waals surface area contributed by atoms with E-state index in [0.29, 0.717) is 15.3 Å². The number of nitrogens with one attached hydrogen (secondary N) is 2. The van der Waals surface area contributed by atoms with Crippen molar-refractivity contribution >= 4 is 44.6 Å². The summed E-state index contributed by atoms with van der Waals surface area (Å²) in [6, 6.07) is 13.2. The lowest BCUT2D eigenvalue weighted by Gasteiger charge is -2.29. The molecule has 4 nitrogen and oxygen atoms in total. The number of hydrogen-bond donors (Lipinski definition) is 2. The lowest BCUT2D eigenvalue weighted by atomic mass is 10.1. The van der Waals surface area contributed by atoms with Crippen molar-refractivity contribution in [1.29, 1.82) is 0 Å². The molecule has 1 atom stereocenters. The molecule has 0 radical (unpaired) electrons. The highest BCUT2D eigenvalue weighted by atomic mass is 79.9. The quantitative estimate of drug-likeness (QED) is 0.689. The minimum absolute atomic E-state index is 0.00671. The summed E-state index contributed by atoms with van der Waals surface area (Å²) in [4.78, 5) is 2.31. The number of halogens is 2. The first kappa shape index (κ1) is 19.1. The molecule has 0 unspecified atom stereocenters. The van der Waals surface area contributed by atoms with Crippen LogP contribution in [0.15, 0.2) is 46.9 Å². The fraction of sp³-hybridized carbons (Fsp3) is 0.316. The molecule has 1 aliphatic heterocycles. The van der Waals surface area contributed by atoms with Crippen LogP contribution in [-0.2, 0) is 4.74 Å². The maximum absolute atomic E-state index is 13.9. The molecule has 2 aromatic carbocycles. The van der Waals surface area contributed by atoms with Crippen LogP contribution in [0.2, 0.25) is 0 Å². The van der Waals surface area contributed by atoms with Crippen LogP contribution in [0.1, 0.15) is 18.5 Å². The molecule has 1 heterocycles. The minimum Gasteiger partial charge on any atom is -0.378 e. The third-order valence-electron chi connectivity index (χ3n) is 4.30. The molecule has 26 heavy (non-hydrogen) atoms. The van der Waals surface area contributed by atoms with Gasteiger partial charge >= 0.3 is 0 Å². The van der Waals surface area contributed by atoms with Crippen molar-refractivity contribution in [3.05, 3.63) is 58.3 Å². The summed E-state index contributed by atoms with van der Waals surface area (Å²) in [6.07, 6.45) is 0. The highest BCUT2D eigenvalue weighted by Crippen LogP contribution is 2.21. The van der Waals surface area contributed by atoms with Gasteiger partial charge in [0.1, 0.15) is 5.82 Å². The lowest BCUT2D eigenvalue weighted by molar-refractivity contribution is 0.122. The monoisotopic (exact) mass is 437 g/mol. The molecule has 7 heteroatoms. The van der Waals surface area contributed by atoms with Crippen molar-refractivity contribution < 1.29 is 9.13 Å². The number of rotatable bonds is 4. The summed E-state index contributed by atoms with van der Waals surface area (Å²) < 4.78 is 20.0. The first-order valence-corrected chi connectivity index (χ1v) is 9.68. The number of nitrogens with zero attached hydrogens (tertiary/aromatic N) is 1. The Hall–Kier alpha value is -1.70. The van der Waals surface area contributed by atoms with Crippen LogP contribution in [0.25, 0.3) is 0 Å². The summed E-state index contributed by atoms with van der Waals surface area (Å²) in [5.41, 5.74) is 2.66. The van der Waals surface area contributed by atoms with E-state index in [1.165, 1.54) is 11.8 Å². The van der Waals surface area contributed by atoms with Gasteiger partial charge in [0, 0.05) is 23.2 Å². The first-order valence-electron chi connectivity index (χ1n) is 8.48. The van der Waals surface area contributed by atoms with E-state index in [1.807, 2.05) is 6.92 Å². The predicted octanol–water partition coefficient (Wildman–Crippen LogP) is 4.47. The summed E-state index contributed by atoms with van der Waals surface area (Å²) in [6.45, 7) is 5.40. The molecule has 1 saturated heterocycles. The topological polar surface area (TPSA) is 36.5 Å². The van der Waals surface area contributed by atoms with Gasteiger partial charge < -0.3 is 20.3 Å². The van der Waals surface area contributed by atoms with Crippen molar-refractivity contribution in [2.75, 3.05) is 36.5 Å². The third kappa shape index (κ3) is 4.93. The van der Waals surface area contributed by atoms with E-state index in [9.17, 15) is 4.39 Å². The number of thiocarbonyl (C=S) groups is 1. The number of benzene rings is 2. The van der Waals surface area contributed by atoms with E-state index < -0.39 is 0 Å². The van der Waals surface area contributed by atoms with E-state index in [4.69, 9.17) is 17.0 Å². The lowest BCUT2D eigenvalue weighted by Crippen LogP contribution is -2.36. The molecule has 0 bridgehead atoms. The number of anilines is 2. The maximum Gasteiger partial charge on any atom is 0.171 e. The zero-order valence-corrected chi connectivity index (χ0v) is 16.9. The molecule has 0 amide bonds. The molecule has 138 valence electrons. The predicted molar refractivity (Wildman–Crippen MR) is 111 cm³/mol. The maximum atomic E-state index is 13.9. The fourth-order valence-corrected chi connectivity index (χ4v) is 3.44. The van der Waals surface area contributed by atoms with E-state index in [0.717, 1.165) is 31.9 Å². The fourth-order valence-electron chi connectivity index (χ4n) is 2.82. The molecular weight excluding hydrogens is 417 g/mol. The van der Waals surface area contributed by atoms with E-state index >= 15 is 0 Å². The highest BCUT2D eigenvalue weighted by molar-refractivity contribution is 9.10. The summed E-state index contributed by atoms with van der Waals surface area (Å²) in [7, 11) is 0. The van der Waals surface area contributed by atoms with Crippen molar-refractivity contribution in [2.24, 2.45) is 0 Å². The van der Waals surface area contributed by atoms with Crippen molar-refractivity contribution in [1.82, 2.24) is 5.32 Å². The van der Waals surface area contributed by atoms with Gasteiger partial charge in [0.25, 0.3) is 0 Å². The van der Waals surface area contributed by atoms with Crippen LogP contribution in [-0.4, -0.2) is 31.4 Å².